The number of Topliss-reactive ketones (excluding diaryl/α,β-unsaturated/α-hetero) is 1. The number of ketones is 1. The zero-order chi connectivity index (χ0) is 32.1. The molecule has 0 saturated carbocycles. The third-order valence-electron chi connectivity index (χ3n) is 8.93. The number of methoxy groups -OCH3 is 3. The average Bonchev–Trinajstić information content (AvgIpc) is 3.78. The number of rotatable bonds is 21. The topological polar surface area (TPSA) is 125 Å². The molecule has 2 heterocycles. The van der Waals surface area contributed by atoms with Crippen molar-refractivity contribution in [3.8, 4) is 0 Å². The van der Waals surface area contributed by atoms with Gasteiger partial charge in [-0.15, -0.1) is 0 Å². The zero-order valence-corrected chi connectivity index (χ0v) is 27.4. The molecule has 0 aromatic rings. The molecule has 0 radical (unpaired) electrons. The van der Waals surface area contributed by atoms with Crippen LogP contribution in [0.15, 0.2) is 36.0 Å². The van der Waals surface area contributed by atoms with E-state index in [1.165, 1.54) is 52.7 Å². The number of amides is 1. The van der Waals surface area contributed by atoms with Gasteiger partial charge in [0, 0.05) is 34.3 Å². The van der Waals surface area contributed by atoms with Gasteiger partial charge in [-0.25, -0.2) is 0 Å². The monoisotopic (exact) mass is 621 g/mol. The first-order valence-electron chi connectivity index (χ1n) is 16.3. The second kappa shape index (κ2) is 18.3. The molecular weight excluding hydrogens is 566 g/mol. The van der Waals surface area contributed by atoms with E-state index in [0.29, 0.717) is 37.0 Å². The molecule has 3 rings (SSSR count). The van der Waals surface area contributed by atoms with Gasteiger partial charge in [-0.05, 0) is 49.8 Å². The Labute approximate surface area is 263 Å². The zero-order valence-electron chi connectivity index (χ0n) is 27.4. The predicted octanol–water partition coefficient (Wildman–Crippen LogP) is 4.34. The van der Waals surface area contributed by atoms with Crippen LogP contribution >= 0.6 is 0 Å². The van der Waals surface area contributed by atoms with Crippen molar-refractivity contribution in [2.24, 2.45) is 0 Å². The largest absolute Gasteiger partial charge is 0.387 e. The molecule has 44 heavy (non-hydrogen) atoms. The number of allylic oxidation sites excluding steroid dienone is 1. The summed E-state index contributed by atoms with van der Waals surface area (Å²) in [5.41, 5.74) is -0.0875. The molecule has 250 valence electrons. The van der Waals surface area contributed by atoms with Crippen molar-refractivity contribution >= 4 is 11.7 Å². The summed E-state index contributed by atoms with van der Waals surface area (Å²) in [6.45, 7) is 8.60. The van der Waals surface area contributed by atoms with E-state index in [-0.39, 0.29) is 24.4 Å². The third-order valence-corrected chi connectivity index (χ3v) is 8.93. The maximum absolute atomic E-state index is 13.2. The van der Waals surface area contributed by atoms with Crippen molar-refractivity contribution in [3.63, 3.8) is 0 Å². The highest BCUT2D eigenvalue weighted by molar-refractivity contribution is 6.07. The molecule has 0 unspecified atom stereocenters. The van der Waals surface area contributed by atoms with E-state index in [9.17, 15) is 14.7 Å². The molecule has 1 amide bonds. The Bertz CT molecular complexity index is 997. The summed E-state index contributed by atoms with van der Waals surface area (Å²) >= 11 is 0. The van der Waals surface area contributed by atoms with Crippen LogP contribution in [-0.2, 0) is 38.0 Å². The Balaban J connectivity index is 1.38. The molecule has 0 spiro atoms. The van der Waals surface area contributed by atoms with Gasteiger partial charge in [-0.2, -0.15) is 0 Å². The van der Waals surface area contributed by atoms with Gasteiger partial charge in [0.1, 0.15) is 30.5 Å². The molecule has 10 nitrogen and oxygen atoms in total. The van der Waals surface area contributed by atoms with Crippen molar-refractivity contribution < 1.29 is 43.1 Å². The molecule has 3 aliphatic rings. The van der Waals surface area contributed by atoms with E-state index in [1.807, 2.05) is 6.08 Å². The van der Waals surface area contributed by atoms with Crippen LogP contribution in [-0.4, -0.2) is 99.8 Å². The van der Waals surface area contributed by atoms with E-state index in [2.05, 4.69) is 24.9 Å². The summed E-state index contributed by atoms with van der Waals surface area (Å²) in [5, 5.41) is 13.5. The van der Waals surface area contributed by atoms with Gasteiger partial charge in [0.25, 0.3) is 0 Å². The lowest BCUT2D eigenvalue weighted by atomic mass is 9.80. The van der Waals surface area contributed by atoms with Crippen molar-refractivity contribution in [1.29, 1.82) is 0 Å². The summed E-state index contributed by atoms with van der Waals surface area (Å²) in [7, 11) is 4.73. The lowest BCUT2D eigenvalue weighted by Crippen LogP contribution is -2.56. The Kier molecular flexibility index (Phi) is 15.2. The fraction of sp³-hybridized carbons (Fsp3) is 0.765. The number of fused-ring (bicyclic) bond motifs is 1. The molecule has 2 fully saturated rings. The second-order valence-corrected chi connectivity index (χ2v) is 12.1. The Morgan fingerprint density at radius 1 is 1.16 bits per heavy atom. The Morgan fingerprint density at radius 2 is 1.91 bits per heavy atom. The number of hydrogen-bond acceptors (Lipinski definition) is 9. The van der Waals surface area contributed by atoms with Crippen molar-refractivity contribution in [2.75, 3.05) is 34.5 Å². The number of epoxide rings is 1. The first-order chi connectivity index (χ1) is 21.2. The smallest absolute Gasteiger partial charge is 0.220 e. The van der Waals surface area contributed by atoms with Crippen LogP contribution in [0.25, 0.3) is 0 Å². The molecule has 0 aromatic carbocycles. The first-order valence-corrected chi connectivity index (χ1v) is 16.3. The lowest BCUT2D eigenvalue weighted by molar-refractivity contribution is -0.287. The Morgan fingerprint density at radius 3 is 2.61 bits per heavy atom. The first kappa shape index (κ1) is 36.5. The summed E-state index contributed by atoms with van der Waals surface area (Å²) in [6, 6.07) is 0. The molecule has 2 aliphatic heterocycles. The van der Waals surface area contributed by atoms with Gasteiger partial charge in [0.2, 0.25) is 5.91 Å². The molecule has 2 saturated heterocycles. The quantitative estimate of drug-likeness (QED) is 0.109. The summed E-state index contributed by atoms with van der Waals surface area (Å²) in [4.78, 5) is 25.6. The SMILES string of the molecule is C=C(CCNC(=O)CC/C=C/C[C@H](CCCCCCCC)OC)[C@@]12O[C@H]1[C@H](O[C@H]1OC[C@H](OC)[C@@H](O)[C@@H]1OC)C=C(C)C2=O. The lowest BCUT2D eigenvalue weighted by Gasteiger charge is -2.39. The number of aliphatic hydroxyl groups excluding tert-OH is 1. The highest BCUT2D eigenvalue weighted by atomic mass is 16.7. The highest BCUT2D eigenvalue weighted by Gasteiger charge is 2.69. The average molecular weight is 622 g/mol. The van der Waals surface area contributed by atoms with Gasteiger partial charge < -0.3 is 38.8 Å². The number of ether oxygens (including phenoxy) is 6. The van der Waals surface area contributed by atoms with Crippen LogP contribution in [0, 0.1) is 0 Å². The molecule has 1 aliphatic carbocycles. The molecule has 0 aromatic heterocycles. The second-order valence-electron chi connectivity index (χ2n) is 12.1. The fourth-order valence-electron chi connectivity index (χ4n) is 6.08. The van der Waals surface area contributed by atoms with E-state index >= 15 is 0 Å². The van der Waals surface area contributed by atoms with E-state index in [4.69, 9.17) is 28.4 Å². The third kappa shape index (κ3) is 9.55. The van der Waals surface area contributed by atoms with Gasteiger partial charge in [0.05, 0.1) is 12.7 Å². The predicted molar refractivity (Wildman–Crippen MR) is 167 cm³/mol. The number of aliphatic hydroxyl groups is 1. The van der Waals surface area contributed by atoms with Crippen LogP contribution in [0.1, 0.15) is 84.5 Å². The molecule has 8 atom stereocenters. The van der Waals surface area contributed by atoms with E-state index < -0.39 is 42.4 Å². The minimum absolute atomic E-state index is 0.0520. The van der Waals surface area contributed by atoms with Crippen molar-refractivity contribution in [2.45, 2.75) is 133 Å². The maximum atomic E-state index is 13.2. The number of hydrogen-bond donors (Lipinski definition) is 2. The Hall–Kier alpha value is -1.92. The molecule has 10 heteroatoms. The van der Waals surface area contributed by atoms with Crippen molar-refractivity contribution in [1.82, 2.24) is 5.32 Å². The standard InChI is InChI=1S/C34H55NO9/c1-7-8-9-10-11-13-16-25(39-4)17-14-12-15-18-28(36)35-20-19-24(3)34-31(38)23(2)21-26(32(34)44-34)43-33-30(41-6)29(37)27(40-5)22-42-33/h12,14,21,25-27,29-30,32-33,37H,3,7-11,13,15-20,22H2,1-2,4-6H3,(H,35,36)/b14-12+/t25-,26+,27-,29+,30-,32-,33+,34-/m0/s1. The van der Waals surface area contributed by atoms with Crippen LogP contribution in [0.4, 0.5) is 0 Å². The van der Waals surface area contributed by atoms with E-state index in [0.717, 1.165) is 12.8 Å². The summed E-state index contributed by atoms with van der Waals surface area (Å²) in [6.07, 6.45) is 12.8. The van der Waals surface area contributed by atoms with Crippen LogP contribution < -0.4 is 5.32 Å². The summed E-state index contributed by atoms with van der Waals surface area (Å²) < 4.78 is 34.3. The molecular formula is C34H55NO9. The summed E-state index contributed by atoms with van der Waals surface area (Å²) in [5.74, 6) is -0.203. The number of unbranched alkanes of at least 4 members (excludes halogenated alkanes) is 5. The number of carbonyl (C=O) groups excluding carboxylic acids is 2. The number of nitrogens with one attached hydrogen (secondary N) is 1. The van der Waals surface area contributed by atoms with Crippen LogP contribution in [0.2, 0.25) is 0 Å². The number of carbonyl (C=O) groups is 2. The molecule has 0 bridgehead atoms. The fourth-order valence-corrected chi connectivity index (χ4v) is 6.08. The van der Waals surface area contributed by atoms with Crippen LogP contribution in [0.3, 0.4) is 0 Å². The van der Waals surface area contributed by atoms with Gasteiger partial charge in [0.15, 0.2) is 17.7 Å². The van der Waals surface area contributed by atoms with Crippen molar-refractivity contribution in [3.05, 3.63) is 36.0 Å². The van der Waals surface area contributed by atoms with Crippen LogP contribution in [0.5, 0.6) is 0 Å². The minimum atomic E-state index is -1.19. The van der Waals surface area contributed by atoms with Gasteiger partial charge in [-0.1, -0.05) is 64.2 Å². The maximum Gasteiger partial charge on any atom is 0.220 e. The highest BCUT2D eigenvalue weighted by Crippen LogP contribution is 2.51. The normalized spacial score (nSPS) is 30.6. The van der Waals surface area contributed by atoms with Gasteiger partial charge >= 0.3 is 0 Å². The molecule has 2 N–H and O–H groups in total. The van der Waals surface area contributed by atoms with E-state index in [1.54, 1.807) is 20.1 Å². The minimum Gasteiger partial charge on any atom is -0.387 e. The van der Waals surface area contributed by atoms with Gasteiger partial charge in [-0.3, -0.25) is 9.59 Å².